The number of rotatable bonds is 23. The van der Waals surface area contributed by atoms with E-state index in [9.17, 15) is 28.8 Å². The van der Waals surface area contributed by atoms with Crippen molar-refractivity contribution in [2.24, 2.45) is 0 Å². The van der Waals surface area contributed by atoms with E-state index in [1.165, 1.54) is 48.5 Å². The van der Waals surface area contributed by atoms with Crippen molar-refractivity contribution < 1.29 is 62.7 Å². The first-order chi connectivity index (χ1) is 22.7. The van der Waals surface area contributed by atoms with Crippen molar-refractivity contribution in [3.05, 3.63) is 70.8 Å². The number of aliphatic carboxylic acids is 1. The van der Waals surface area contributed by atoms with E-state index in [-0.39, 0.29) is 75.1 Å². The monoisotopic (exact) mass is 658 g/mol. The number of carbonyl (C=O) groups excluding carboxylic acids is 5. The van der Waals surface area contributed by atoms with E-state index in [1.807, 2.05) is 0 Å². The first-order valence-electron chi connectivity index (χ1n) is 15.6. The van der Waals surface area contributed by atoms with Crippen LogP contribution in [0.2, 0.25) is 0 Å². The van der Waals surface area contributed by atoms with Crippen LogP contribution in [0.1, 0.15) is 106 Å². The Morgan fingerprint density at radius 3 is 1.04 bits per heavy atom. The highest BCUT2D eigenvalue weighted by Crippen LogP contribution is 2.11. The van der Waals surface area contributed by atoms with E-state index in [4.69, 9.17) is 33.9 Å². The third-order valence-electron chi connectivity index (χ3n) is 6.56. The molecule has 2 rings (SSSR count). The second-order valence-electron chi connectivity index (χ2n) is 10.4. The van der Waals surface area contributed by atoms with Gasteiger partial charge in [0.25, 0.3) is 0 Å². The Morgan fingerprint density at radius 1 is 0.426 bits per heavy atom. The lowest BCUT2D eigenvalue weighted by Gasteiger charge is -2.08. The van der Waals surface area contributed by atoms with Crippen LogP contribution in [-0.2, 0) is 33.3 Å². The molecule has 13 nitrogen and oxygen atoms in total. The second kappa shape index (κ2) is 22.7. The molecule has 0 radical (unpaired) electrons. The number of unbranched alkanes of at least 4 members (excludes halogenated alkanes) is 4. The topological polar surface area (TPSA) is 189 Å². The van der Waals surface area contributed by atoms with Crippen LogP contribution < -0.4 is 0 Å². The molecule has 2 aromatic rings. The molecular formula is C34H42O13. The Bertz CT molecular complexity index is 1290. The molecule has 2 aromatic carbocycles. The fourth-order valence-corrected chi connectivity index (χ4v) is 3.90. The van der Waals surface area contributed by atoms with Gasteiger partial charge in [0.1, 0.15) is 0 Å². The molecule has 0 heterocycles. The molecule has 0 aliphatic heterocycles. The zero-order chi connectivity index (χ0) is 34.3. The highest BCUT2D eigenvalue weighted by molar-refractivity contribution is 5.94. The summed E-state index contributed by atoms with van der Waals surface area (Å²) in [4.78, 5) is 70.8. The average molecular weight is 659 g/mol. The van der Waals surface area contributed by atoms with E-state index in [1.54, 1.807) is 0 Å². The second-order valence-corrected chi connectivity index (χ2v) is 10.4. The van der Waals surface area contributed by atoms with Crippen LogP contribution in [0.25, 0.3) is 0 Å². The molecular weight excluding hydrogens is 616 g/mol. The molecule has 0 fully saturated rings. The molecule has 0 aromatic heterocycles. The van der Waals surface area contributed by atoms with Gasteiger partial charge in [-0.3, -0.25) is 9.59 Å². The summed E-state index contributed by atoms with van der Waals surface area (Å²) in [6, 6.07) is 11.7. The van der Waals surface area contributed by atoms with Gasteiger partial charge in [0.15, 0.2) is 0 Å². The molecule has 2 N–H and O–H groups in total. The number of benzene rings is 2. The van der Waals surface area contributed by atoms with Gasteiger partial charge in [0, 0.05) is 19.4 Å². The Labute approximate surface area is 273 Å². The fraction of sp³-hybridized carbons (Fsp3) is 0.471. The lowest BCUT2D eigenvalue weighted by Crippen LogP contribution is -2.11. The van der Waals surface area contributed by atoms with Crippen LogP contribution in [0.15, 0.2) is 48.5 Å². The van der Waals surface area contributed by atoms with Gasteiger partial charge in [0.05, 0.1) is 55.3 Å². The van der Waals surface area contributed by atoms with E-state index in [0.29, 0.717) is 56.9 Å². The summed E-state index contributed by atoms with van der Waals surface area (Å²) in [6.45, 7) is 0.769. The first kappa shape index (κ1) is 38.4. The Balaban J connectivity index is 1.55. The molecule has 0 spiro atoms. The molecule has 0 atom stereocenters. The number of aliphatic hydroxyl groups excluding tert-OH is 1. The number of carbonyl (C=O) groups is 6. The number of hydrogen-bond donors (Lipinski definition) is 2. The minimum absolute atomic E-state index is 0.0187. The Morgan fingerprint density at radius 2 is 0.723 bits per heavy atom. The first-order valence-corrected chi connectivity index (χ1v) is 15.6. The number of ether oxygens (including phenoxy) is 5. The SMILES string of the molecule is O=C(O)CCCCC(=O)OCCCCOC(=O)c1ccc(C(=O)OCCCCOC(=O)c2ccc(C(=O)OCCCCO)cc2)cc1. The predicted octanol–water partition coefficient (Wildman–Crippen LogP) is 4.54. The normalized spacial score (nSPS) is 10.5. The maximum absolute atomic E-state index is 12.3. The summed E-state index contributed by atoms with van der Waals surface area (Å²) in [5.74, 6) is -3.47. The van der Waals surface area contributed by atoms with Crippen molar-refractivity contribution >= 4 is 35.8 Å². The molecule has 47 heavy (non-hydrogen) atoms. The summed E-state index contributed by atoms with van der Waals surface area (Å²) in [5.41, 5.74) is 1.11. The van der Waals surface area contributed by atoms with Gasteiger partial charge in [-0.1, -0.05) is 0 Å². The highest BCUT2D eigenvalue weighted by Gasteiger charge is 2.13. The highest BCUT2D eigenvalue weighted by atomic mass is 16.5. The fourth-order valence-electron chi connectivity index (χ4n) is 3.90. The minimum Gasteiger partial charge on any atom is -0.481 e. The summed E-state index contributed by atoms with van der Waals surface area (Å²) in [5, 5.41) is 17.3. The van der Waals surface area contributed by atoms with Crippen molar-refractivity contribution in [3.63, 3.8) is 0 Å². The maximum Gasteiger partial charge on any atom is 0.338 e. The van der Waals surface area contributed by atoms with E-state index in [0.717, 1.165) is 0 Å². The summed E-state index contributed by atoms with van der Waals surface area (Å²) >= 11 is 0. The molecule has 256 valence electrons. The number of carboxylic acids is 1. The quantitative estimate of drug-likeness (QED) is 0.0963. The zero-order valence-electron chi connectivity index (χ0n) is 26.3. The molecule has 13 heteroatoms. The molecule has 0 amide bonds. The van der Waals surface area contributed by atoms with Crippen LogP contribution in [0.5, 0.6) is 0 Å². The lowest BCUT2D eigenvalue weighted by molar-refractivity contribution is -0.144. The molecule has 0 aliphatic carbocycles. The summed E-state index contributed by atoms with van der Waals surface area (Å²) in [7, 11) is 0. The van der Waals surface area contributed by atoms with E-state index in [2.05, 4.69) is 0 Å². The van der Waals surface area contributed by atoms with Crippen LogP contribution in [0, 0.1) is 0 Å². The molecule has 0 saturated carbocycles. The molecule has 0 bridgehead atoms. The zero-order valence-corrected chi connectivity index (χ0v) is 26.3. The third kappa shape index (κ3) is 16.4. The van der Waals surface area contributed by atoms with Crippen LogP contribution in [0.3, 0.4) is 0 Å². The molecule has 0 unspecified atom stereocenters. The smallest absolute Gasteiger partial charge is 0.338 e. The Hall–Kier alpha value is -4.78. The number of esters is 5. The molecule has 0 aliphatic rings. The standard InChI is InChI=1S/C34H42O13/c35-19-3-4-21-44-31(39)25-11-13-27(14-12-25)33(41)46-23-7-8-24-47-34(42)28-17-15-26(16-18-28)32(40)45-22-6-5-20-43-30(38)10-2-1-9-29(36)37/h11-18,35H,1-10,19-24H2,(H,36,37). The van der Waals surface area contributed by atoms with E-state index >= 15 is 0 Å². The predicted molar refractivity (Wildman–Crippen MR) is 166 cm³/mol. The van der Waals surface area contributed by atoms with Crippen LogP contribution >= 0.6 is 0 Å². The number of hydrogen-bond acceptors (Lipinski definition) is 12. The Kier molecular flexibility index (Phi) is 18.5. The van der Waals surface area contributed by atoms with Gasteiger partial charge in [-0.2, -0.15) is 0 Å². The van der Waals surface area contributed by atoms with Crippen molar-refractivity contribution in [1.82, 2.24) is 0 Å². The minimum atomic E-state index is -0.898. The van der Waals surface area contributed by atoms with Crippen molar-refractivity contribution in [2.45, 2.75) is 64.2 Å². The van der Waals surface area contributed by atoms with Crippen molar-refractivity contribution in [1.29, 1.82) is 0 Å². The van der Waals surface area contributed by atoms with Gasteiger partial charge in [-0.15, -0.1) is 0 Å². The van der Waals surface area contributed by atoms with Gasteiger partial charge in [0.2, 0.25) is 0 Å². The lowest BCUT2D eigenvalue weighted by atomic mass is 10.1. The number of aliphatic hydroxyl groups is 1. The van der Waals surface area contributed by atoms with Crippen molar-refractivity contribution in [3.8, 4) is 0 Å². The average Bonchev–Trinajstić information content (AvgIpc) is 3.07. The van der Waals surface area contributed by atoms with E-state index < -0.39 is 29.8 Å². The largest absolute Gasteiger partial charge is 0.481 e. The number of carboxylic acid groups (broad SMARTS) is 1. The third-order valence-corrected chi connectivity index (χ3v) is 6.56. The molecule has 0 saturated heterocycles. The van der Waals surface area contributed by atoms with Gasteiger partial charge >= 0.3 is 35.8 Å². The maximum atomic E-state index is 12.3. The van der Waals surface area contributed by atoms with Crippen LogP contribution in [0.4, 0.5) is 0 Å². The van der Waals surface area contributed by atoms with Gasteiger partial charge in [-0.25, -0.2) is 19.2 Å². The van der Waals surface area contributed by atoms with Gasteiger partial charge < -0.3 is 33.9 Å². The van der Waals surface area contributed by atoms with Crippen LogP contribution in [-0.4, -0.2) is 85.7 Å². The van der Waals surface area contributed by atoms with Gasteiger partial charge in [-0.05, 0) is 99.9 Å². The summed E-state index contributed by atoms with van der Waals surface area (Å²) in [6.07, 6.45) is 4.06. The summed E-state index contributed by atoms with van der Waals surface area (Å²) < 4.78 is 25.8. The van der Waals surface area contributed by atoms with Crippen molar-refractivity contribution in [2.75, 3.05) is 39.6 Å².